The van der Waals surface area contributed by atoms with Crippen LogP contribution in [0.3, 0.4) is 0 Å². The van der Waals surface area contributed by atoms with Crippen molar-refractivity contribution >= 4 is 11.9 Å². The Hall–Kier alpha value is -2.36. The van der Waals surface area contributed by atoms with Crippen molar-refractivity contribution in [2.24, 2.45) is 5.73 Å². The van der Waals surface area contributed by atoms with Crippen LogP contribution in [0.1, 0.15) is 17.0 Å². The molecule has 0 unspecified atom stereocenters. The van der Waals surface area contributed by atoms with Gasteiger partial charge in [-0.05, 0) is 17.7 Å². The normalized spacial score (nSPS) is 10.1. The molecule has 0 spiro atoms. The van der Waals surface area contributed by atoms with E-state index in [1.54, 1.807) is 16.8 Å². The van der Waals surface area contributed by atoms with Gasteiger partial charge in [0, 0.05) is 0 Å². The molecule has 0 radical (unpaired) electrons. The molecule has 2 rings (SSSR count). The molecule has 86 valence electrons. The first kappa shape index (κ1) is 11.1. The molecule has 0 saturated carbocycles. The number of amidine groups is 1. The number of hydrogen-bond acceptors (Lipinski definition) is 2. The second-order valence-electron chi connectivity index (χ2n) is 3.72. The fourth-order valence-electron chi connectivity index (χ4n) is 1.61. The number of nitrogen functional groups attached to an aromatic ring is 1. The van der Waals surface area contributed by atoms with Crippen LogP contribution in [0.2, 0.25) is 0 Å². The van der Waals surface area contributed by atoms with Gasteiger partial charge in [-0.2, -0.15) is 5.10 Å². The first-order valence-corrected chi connectivity index (χ1v) is 5.29. The van der Waals surface area contributed by atoms with Crippen molar-refractivity contribution in [3.63, 3.8) is 0 Å². The fraction of sp³-hybridized carbons (Fsp3) is 0.0769. The Morgan fingerprint density at radius 3 is 2.71 bits per heavy atom. The third-order valence-corrected chi connectivity index (χ3v) is 2.47. The molecular formula is C13H14N4. The van der Waals surface area contributed by atoms with Crippen molar-refractivity contribution in [3.05, 3.63) is 59.9 Å². The van der Waals surface area contributed by atoms with Crippen LogP contribution in [0.4, 0.5) is 0 Å². The Labute approximate surface area is 99.9 Å². The van der Waals surface area contributed by atoms with E-state index in [0.29, 0.717) is 12.2 Å². The number of hydrogen-bond donors (Lipinski definition) is 2. The van der Waals surface area contributed by atoms with Crippen LogP contribution in [0, 0.1) is 5.41 Å². The summed E-state index contributed by atoms with van der Waals surface area (Å²) < 4.78 is 1.79. The lowest BCUT2D eigenvalue weighted by Crippen LogP contribution is -2.13. The number of nitrogens with one attached hydrogen (secondary N) is 1. The van der Waals surface area contributed by atoms with Crippen molar-refractivity contribution in [2.45, 2.75) is 6.54 Å². The maximum Gasteiger partial charge on any atom is 0.143 e. The lowest BCUT2D eigenvalue weighted by molar-refractivity contribution is 0.678. The summed E-state index contributed by atoms with van der Waals surface area (Å²) in [6.45, 7) is 4.38. The van der Waals surface area contributed by atoms with Gasteiger partial charge in [0.05, 0.1) is 12.2 Å². The molecule has 1 aromatic heterocycles. The Kier molecular flexibility index (Phi) is 3.05. The molecule has 4 nitrogen and oxygen atoms in total. The van der Waals surface area contributed by atoms with Crippen molar-refractivity contribution in [3.8, 4) is 0 Å². The summed E-state index contributed by atoms with van der Waals surface area (Å²) in [5.74, 6) is -0.0279. The van der Waals surface area contributed by atoms with Crippen LogP contribution >= 0.6 is 0 Å². The molecule has 0 atom stereocenters. The highest BCUT2D eigenvalue weighted by molar-refractivity contribution is 5.93. The molecule has 4 heteroatoms. The minimum Gasteiger partial charge on any atom is -0.382 e. The monoisotopic (exact) mass is 226 g/mol. The molecule has 0 saturated heterocycles. The maximum atomic E-state index is 7.37. The molecule has 2 aromatic rings. The largest absolute Gasteiger partial charge is 0.382 e. The number of nitrogens with zero attached hydrogens (tertiary/aromatic N) is 2. The molecule has 17 heavy (non-hydrogen) atoms. The second kappa shape index (κ2) is 4.65. The minimum absolute atomic E-state index is 0.0279. The van der Waals surface area contributed by atoms with E-state index in [4.69, 9.17) is 11.1 Å². The zero-order chi connectivity index (χ0) is 12.3. The molecule has 1 heterocycles. The maximum absolute atomic E-state index is 7.37. The van der Waals surface area contributed by atoms with Crippen molar-refractivity contribution in [2.75, 3.05) is 0 Å². The highest BCUT2D eigenvalue weighted by Gasteiger charge is 2.07. The summed E-state index contributed by atoms with van der Waals surface area (Å²) in [4.78, 5) is 0. The summed E-state index contributed by atoms with van der Waals surface area (Å²) in [7, 11) is 0. The Bertz CT molecular complexity index is 540. The standard InChI is InChI=1S/C13H14N4/c1-2-11-8-12(13(14)15)16-17(11)9-10-6-4-3-5-7-10/h2-8H,1,9H2,(H3,14,15). The predicted molar refractivity (Wildman–Crippen MR) is 68.9 cm³/mol. The van der Waals surface area contributed by atoms with Gasteiger partial charge in [-0.1, -0.05) is 36.9 Å². The number of benzene rings is 1. The van der Waals surface area contributed by atoms with Crippen LogP contribution in [0.25, 0.3) is 6.08 Å². The van der Waals surface area contributed by atoms with Crippen LogP contribution in [0.5, 0.6) is 0 Å². The SMILES string of the molecule is C=Cc1cc(C(=N)N)nn1Cc1ccccc1. The van der Waals surface area contributed by atoms with E-state index in [2.05, 4.69) is 11.7 Å². The van der Waals surface area contributed by atoms with E-state index >= 15 is 0 Å². The van der Waals surface area contributed by atoms with Crippen LogP contribution in [-0.4, -0.2) is 15.6 Å². The molecule has 1 aromatic carbocycles. The third-order valence-electron chi connectivity index (χ3n) is 2.47. The molecule has 3 N–H and O–H groups in total. The van der Waals surface area contributed by atoms with E-state index in [1.807, 2.05) is 30.3 Å². The lowest BCUT2D eigenvalue weighted by atomic mass is 10.2. The summed E-state index contributed by atoms with van der Waals surface area (Å²) >= 11 is 0. The Morgan fingerprint density at radius 1 is 1.41 bits per heavy atom. The highest BCUT2D eigenvalue weighted by Crippen LogP contribution is 2.09. The van der Waals surface area contributed by atoms with Gasteiger partial charge in [0.1, 0.15) is 11.5 Å². The van der Waals surface area contributed by atoms with Gasteiger partial charge < -0.3 is 5.73 Å². The van der Waals surface area contributed by atoms with Gasteiger partial charge in [0.15, 0.2) is 0 Å². The van der Waals surface area contributed by atoms with E-state index in [9.17, 15) is 0 Å². The molecule has 0 bridgehead atoms. The summed E-state index contributed by atoms with van der Waals surface area (Å²) in [5, 5.41) is 11.6. The first-order chi connectivity index (χ1) is 8.20. The molecule has 0 amide bonds. The second-order valence-corrected chi connectivity index (χ2v) is 3.72. The summed E-state index contributed by atoms with van der Waals surface area (Å²) in [6.07, 6.45) is 1.71. The molecule has 0 aliphatic carbocycles. The summed E-state index contributed by atoms with van der Waals surface area (Å²) in [5.41, 5.74) is 7.91. The van der Waals surface area contributed by atoms with Crippen LogP contribution in [0.15, 0.2) is 43.0 Å². The van der Waals surface area contributed by atoms with E-state index < -0.39 is 0 Å². The van der Waals surface area contributed by atoms with Crippen LogP contribution in [-0.2, 0) is 6.54 Å². The quantitative estimate of drug-likeness (QED) is 0.617. The molecule has 0 fully saturated rings. The van der Waals surface area contributed by atoms with Gasteiger partial charge >= 0.3 is 0 Å². The van der Waals surface area contributed by atoms with E-state index in [0.717, 1.165) is 11.3 Å². The van der Waals surface area contributed by atoms with Crippen molar-refractivity contribution in [1.82, 2.24) is 9.78 Å². The number of nitrogens with two attached hydrogens (primary N) is 1. The average molecular weight is 226 g/mol. The highest BCUT2D eigenvalue weighted by atomic mass is 15.3. The first-order valence-electron chi connectivity index (χ1n) is 5.29. The topological polar surface area (TPSA) is 67.7 Å². The van der Waals surface area contributed by atoms with E-state index in [-0.39, 0.29) is 5.84 Å². The zero-order valence-corrected chi connectivity index (χ0v) is 9.43. The molecule has 0 aliphatic heterocycles. The molecule has 0 aliphatic rings. The Morgan fingerprint density at radius 2 is 2.12 bits per heavy atom. The zero-order valence-electron chi connectivity index (χ0n) is 9.43. The Balaban J connectivity index is 2.32. The van der Waals surface area contributed by atoms with Gasteiger partial charge in [-0.15, -0.1) is 0 Å². The third kappa shape index (κ3) is 2.42. The fourth-order valence-corrected chi connectivity index (χ4v) is 1.61. The lowest BCUT2D eigenvalue weighted by Gasteiger charge is -2.04. The number of aromatic nitrogens is 2. The van der Waals surface area contributed by atoms with Crippen molar-refractivity contribution in [1.29, 1.82) is 5.41 Å². The van der Waals surface area contributed by atoms with Gasteiger partial charge in [0.25, 0.3) is 0 Å². The van der Waals surface area contributed by atoms with Gasteiger partial charge in [-0.3, -0.25) is 10.1 Å². The average Bonchev–Trinajstić information content (AvgIpc) is 2.74. The summed E-state index contributed by atoms with van der Waals surface area (Å²) in [6, 6.07) is 11.8. The predicted octanol–water partition coefficient (Wildman–Crippen LogP) is 1.86. The van der Waals surface area contributed by atoms with Gasteiger partial charge in [-0.25, -0.2) is 0 Å². The van der Waals surface area contributed by atoms with Gasteiger partial charge in [0.2, 0.25) is 0 Å². The smallest absolute Gasteiger partial charge is 0.143 e. The number of rotatable bonds is 4. The molecular weight excluding hydrogens is 212 g/mol. The minimum atomic E-state index is -0.0279. The van der Waals surface area contributed by atoms with Crippen LogP contribution < -0.4 is 5.73 Å². The van der Waals surface area contributed by atoms with Crippen molar-refractivity contribution < 1.29 is 0 Å². The van der Waals surface area contributed by atoms with E-state index in [1.165, 1.54) is 0 Å².